The number of phenolic OH excluding ortho intramolecular Hbond substituents is 1. The maximum atomic E-state index is 11.5. The quantitative estimate of drug-likeness (QED) is 0.717. The standard InChI is InChI=1S/C15H21NO5/c1-10(2)9-21-15(20)16-8-12-7-13(17)5-3-11(12)4-6-14(18)19/h3,5,7,10,17H,4,6,8-9H2,1-2H3,(H,16,20)(H,18,19). The van der Waals surface area contributed by atoms with Gasteiger partial charge in [-0.3, -0.25) is 4.79 Å². The van der Waals surface area contributed by atoms with Crippen LogP contribution in [0.4, 0.5) is 4.79 Å². The predicted molar refractivity (Wildman–Crippen MR) is 77.1 cm³/mol. The van der Waals surface area contributed by atoms with Gasteiger partial charge in [-0.05, 0) is 35.6 Å². The zero-order valence-corrected chi connectivity index (χ0v) is 12.3. The van der Waals surface area contributed by atoms with E-state index in [4.69, 9.17) is 9.84 Å². The summed E-state index contributed by atoms with van der Waals surface area (Å²) < 4.78 is 4.99. The number of carbonyl (C=O) groups is 2. The Bertz CT molecular complexity index is 499. The average Bonchev–Trinajstić information content (AvgIpc) is 2.41. The molecule has 1 aromatic carbocycles. The number of carboxylic acid groups (broad SMARTS) is 1. The number of hydrogen-bond acceptors (Lipinski definition) is 4. The lowest BCUT2D eigenvalue weighted by atomic mass is 10.0. The van der Waals surface area contributed by atoms with Crippen LogP contribution in [0.2, 0.25) is 0 Å². The lowest BCUT2D eigenvalue weighted by molar-refractivity contribution is -0.136. The first-order valence-electron chi connectivity index (χ1n) is 6.81. The Labute approximate surface area is 123 Å². The number of aryl methyl sites for hydroxylation is 1. The summed E-state index contributed by atoms with van der Waals surface area (Å²) in [7, 11) is 0. The highest BCUT2D eigenvalue weighted by molar-refractivity contribution is 5.68. The van der Waals surface area contributed by atoms with Crippen LogP contribution in [0.5, 0.6) is 5.75 Å². The minimum atomic E-state index is -0.890. The number of carboxylic acids is 1. The van der Waals surface area contributed by atoms with Gasteiger partial charge in [-0.25, -0.2) is 4.79 Å². The minimum absolute atomic E-state index is 0.00439. The Morgan fingerprint density at radius 3 is 2.62 bits per heavy atom. The molecule has 0 fully saturated rings. The number of rotatable bonds is 7. The van der Waals surface area contributed by atoms with E-state index in [0.29, 0.717) is 18.6 Å². The number of ether oxygens (including phenoxy) is 1. The van der Waals surface area contributed by atoms with Crippen molar-refractivity contribution in [3.05, 3.63) is 29.3 Å². The summed E-state index contributed by atoms with van der Waals surface area (Å²) in [6, 6.07) is 4.67. The molecule has 6 heteroatoms. The number of alkyl carbamates (subject to hydrolysis) is 1. The molecule has 3 N–H and O–H groups in total. The third-order valence-corrected chi connectivity index (χ3v) is 2.77. The molecule has 0 aromatic heterocycles. The lowest BCUT2D eigenvalue weighted by Gasteiger charge is -2.12. The van der Waals surface area contributed by atoms with E-state index in [0.717, 1.165) is 5.56 Å². The topological polar surface area (TPSA) is 95.9 Å². The van der Waals surface area contributed by atoms with Crippen LogP contribution < -0.4 is 5.32 Å². The van der Waals surface area contributed by atoms with Crippen molar-refractivity contribution >= 4 is 12.1 Å². The van der Waals surface area contributed by atoms with Gasteiger partial charge in [-0.15, -0.1) is 0 Å². The number of carbonyl (C=O) groups excluding carboxylic acids is 1. The summed E-state index contributed by atoms with van der Waals surface area (Å²) >= 11 is 0. The molecule has 0 bridgehead atoms. The Hall–Kier alpha value is -2.24. The van der Waals surface area contributed by atoms with Crippen LogP contribution in [0.3, 0.4) is 0 Å². The second-order valence-corrected chi connectivity index (χ2v) is 5.19. The van der Waals surface area contributed by atoms with Crippen LogP contribution in [-0.2, 0) is 22.5 Å². The monoisotopic (exact) mass is 295 g/mol. The van der Waals surface area contributed by atoms with Crippen LogP contribution in [0.1, 0.15) is 31.4 Å². The van der Waals surface area contributed by atoms with Gasteiger partial charge in [0, 0.05) is 13.0 Å². The summed E-state index contributed by atoms with van der Waals surface area (Å²) in [5, 5.41) is 20.8. The van der Waals surface area contributed by atoms with Gasteiger partial charge >= 0.3 is 12.1 Å². The summed E-state index contributed by atoms with van der Waals surface area (Å²) in [5.74, 6) is -0.567. The van der Waals surface area contributed by atoms with Gasteiger partial charge in [0.15, 0.2) is 0 Å². The summed E-state index contributed by atoms with van der Waals surface area (Å²) in [6.07, 6.45) is -0.195. The Morgan fingerprint density at radius 1 is 1.29 bits per heavy atom. The number of hydrogen-bond donors (Lipinski definition) is 3. The average molecular weight is 295 g/mol. The van der Waals surface area contributed by atoms with Crippen molar-refractivity contribution < 1.29 is 24.5 Å². The molecule has 0 aliphatic rings. The smallest absolute Gasteiger partial charge is 0.407 e. The third-order valence-electron chi connectivity index (χ3n) is 2.77. The molecule has 1 amide bonds. The fourth-order valence-corrected chi connectivity index (χ4v) is 1.72. The Kier molecular flexibility index (Phi) is 6.52. The van der Waals surface area contributed by atoms with Crippen LogP contribution in [0.15, 0.2) is 18.2 Å². The van der Waals surface area contributed by atoms with Gasteiger partial charge in [0.05, 0.1) is 6.61 Å². The van der Waals surface area contributed by atoms with Crippen LogP contribution in [0.25, 0.3) is 0 Å². The number of benzene rings is 1. The number of amides is 1. The van der Waals surface area contributed by atoms with Crippen molar-refractivity contribution in [2.45, 2.75) is 33.2 Å². The fourth-order valence-electron chi connectivity index (χ4n) is 1.72. The second-order valence-electron chi connectivity index (χ2n) is 5.19. The van der Waals surface area contributed by atoms with Crippen molar-refractivity contribution in [1.29, 1.82) is 0 Å². The highest BCUT2D eigenvalue weighted by Gasteiger charge is 2.09. The first-order valence-corrected chi connectivity index (χ1v) is 6.81. The number of phenols is 1. The van der Waals surface area contributed by atoms with E-state index in [9.17, 15) is 14.7 Å². The molecule has 0 unspecified atom stereocenters. The number of nitrogens with one attached hydrogen (secondary N) is 1. The number of aromatic hydroxyl groups is 1. The summed E-state index contributed by atoms with van der Waals surface area (Å²) in [4.78, 5) is 22.1. The highest BCUT2D eigenvalue weighted by Crippen LogP contribution is 2.18. The molecular weight excluding hydrogens is 274 g/mol. The van der Waals surface area contributed by atoms with E-state index < -0.39 is 12.1 Å². The molecule has 21 heavy (non-hydrogen) atoms. The molecule has 1 rings (SSSR count). The van der Waals surface area contributed by atoms with Gasteiger partial charge in [0.2, 0.25) is 0 Å². The molecule has 0 radical (unpaired) electrons. The van der Waals surface area contributed by atoms with E-state index in [1.165, 1.54) is 12.1 Å². The van der Waals surface area contributed by atoms with Gasteiger partial charge in [-0.2, -0.15) is 0 Å². The van der Waals surface area contributed by atoms with E-state index in [-0.39, 0.29) is 24.6 Å². The molecule has 0 spiro atoms. The molecular formula is C15H21NO5. The van der Waals surface area contributed by atoms with Crippen LogP contribution >= 0.6 is 0 Å². The normalized spacial score (nSPS) is 10.4. The van der Waals surface area contributed by atoms with Crippen molar-refractivity contribution in [2.75, 3.05) is 6.61 Å². The summed E-state index contributed by atoms with van der Waals surface area (Å²) in [6.45, 7) is 4.39. The van der Waals surface area contributed by atoms with Gasteiger partial charge in [0.25, 0.3) is 0 Å². The van der Waals surface area contributed by atoms with Crippen molar-refractivity contribution in [2.24, 2.45) is 5.92 Å². The summed E-state index contributed by atoms with van der Waals surface area (Å²) in [5.41, 5.74) is 1.46. The van der Waals surface area contributed by atoms with Crippen molar-refractivity contribution in [3.8, 4) is 5.75 Å². The SMILES string of the molecule is CC(C)COC(=O)NCc1cc(O)ccc1CCC(=O)O. The van der Waals surface area contributed by atoms with E-state index >= 15 is 0 Å². The maximum absolute atomic E-state index is 11.5. The van der Waals surface area contributed by atoms with Crippen LogP contribution in [0, 0.1) is 5.92 Å². The van der Waals surface area contributed by atoms with Gasteiger partial charge in [0.1, 0.15) is 5.75 Å². The van der Waals surface area contributed by atoms with E-state index in [1.54, 1.807) is 6.07 Å². The molecule has 1 aromatic rings. The Morgan fingerprint density at radius 2 is 2.00 bits per heavy atom. The minimum Gasteiger partial charge on any atom is -0.508 e. The molecule has 116 valence electrons. The molecule has 6 nitrogen and oxygen atoms in total. The second kappa shape index (κ2) is 8.14. The van der Waals surface area contributed by atoms with E-state index in [2.05, 4.69) is 5.32 Å². The first-order chi connectivity index (χ1) is 9.88. The van der Waals surface area contributed by atoms with Crippen molar-refractivity contribution in [3.63, 3.8) is 0 Å². The number of aliphatic carboxylic acids is 1. The molecule has 0 atom stereocenters. The van der Waals surface area contributed by atoms with Gasteiger partial charge in [-0.1, -0.05) is 19.9 Å². The van der Waals surface area contributed by atoms with Crippen molar-refractivity contribution in [1.82, 2.24) is 5.32 Å². The highest BCUT2D eigenvalue weighted by atomic mass is 16.5. The maximum Gasteiger partial charge on any atom is 0.407 e. The first kappa shape index (κ1) is 16.8. The van der Waals surface area contributed by atoms with E-state index in [1.807, 2.05) is 13.8 Å². The molecule has 0 aliphatic heterocycles. The Balaban J connectivity index is 2.61. The zero-order valence-electron chi connectivity index (χ0n) is 12.3. The fraction of sp³-hybridized carbons (Fsp3) is 0.467. The van der Waals surface area contributed by atoms with Crippen LogP contribution in [-0.4, -0.2) is 28.9 Å². The molecule has 0 saturated heterocycles. The molecule has 0 aliphatic carbocycles. The lowest BCUT2D eigenvalue weighted by Crippen LogP contribution is -2.25. The molecule has 0 heterocycles. The molecule has 0 saturated carbocycles. The largest absolute Gasteiger partial charge is 0.508 e. The third kappa shape index (κ3) is 6.65. The zero-order chi connectivity index (χ0) is 15.8. The predicted octanol–water partition coefficient (Wildman–Crippen LogP) is 2.29. The van der Waals surface area contributed by atoms with Gasteiger partial charge < -0.3 is 20.3 Å².